The molecule has 1 spiro atoms. The molecule has 0 bridgehead atoms. The summed E-state index contributed by atoms with van der Waals surface area (Å²) < 4.78 is 17.9. The van der Waals surface area contributed by atoms with E-state index in [-0.39, 0.29) is 17.9 Å². The normalized spacial score (nSPS) is 16.3. The van der Waals surface area contributed by atoms with E-state index < -0.39 is 22.8 Å². The highest BCUT2D eigenvalue weighted by Gasteiger charge is 2.44. The first-order valence-electron chi connectivity index (χ1n) is 11.5. The average molecular weight is 492 g/mol. The van der Waals surface area contributed by atoms with Crippen LogP contribution in [-0.2, 0) is 0 Å². The van der Waals surface area contributed by atoms with E-state index in [4.69, 9.17) is 14.2 Å². The number of ketones is 1. The third kappa shape index (κ3) is 4.04. The lowest BCUT2D eigenvalue weighted by atomic mass is 9.82. The summed E-state index contributed by atoms with van der Waals surface area (Å²) in [6.07, 6.45) is 1.07. The summed E-state index contributed by atoms with van der Waals surface area (Å²) in [7, 11) is 3.01. The standard InChI is InChI=1S/C26H25N3O7/c1-34-16-7-8-17-20(31)15-26(36-22(17)13-16)9-11-28(12-10-26)25(33)24-19(30)14-23(32)29(27-24)18-5-3-4-6-21(18)35-2/h3-8,13-14,30H,9-12,15H2,1-2H3. The summed E-state index contributed by atoms with van der Waals surface area (Å²) in [5.74, 6) is 0.442. The number of piperidine rings is 1. The molecule has 36 heavy (non-hydrogen) atoms. The lowest BCUT2D eigenvalue weighted by Crippen LogP contribution is -2.52. The van der Waals surface area contributed by atoms with Gasteiger partial charge in [0, 0.05) is 38.1 Å². The number of likely N-dealkylation sites (tertiary alicyclic amines) is 1. The molecule has 0 aliphatic carbocycles. The number of para-hydroxylation sites is 2. The Morgan fingerprint density at radius 2 is 1.81 bits per heavy atom. The highest BCUT2D eigenvalue weighted by molar-refractivity contribution is 6.00. The van der Waals surface area contributed by atoms with Crippen LogP contribution >= 0.6 is 0 Å². The van der Waals surface area contributed by atoms with Crippen molar-refractivity contribution in [1.82, 2.24) is 14.7 Å². The zero-order chi connectivity index (χ0) is 25.4. The minimum atomic E-state index is -0.723. The van der Waals surface area contributed by atoms with Crippen LogP contribution in [0.25, 0.3) is 5.69 Å². The Hall–Kier alpha value is -4.34. The van der Waals surface area contributed by atoms with Gasteiger partial charge in [0.05, 0.1) is 26.2 Å². The molecule has 1 N–H and O–H groups in total. The maximum atomic E-state index is 13.3. The number of Topliss-reactive ketones (excluding diaryl/α,β-unsaturated/α-hetero) is 1. The molecule has 3 aromatic rings. The SMILES string of the molecule is COc1ccc2c(c1)OC1(CCN(C(=O)c3nn(-c4ccccc4OC)c(=O)cc3O)CC1)CC2=O. The topological polar surface area (TPSA) is 120 Å². The van der Waals surface area contributed by atoms with Gasteiger partial charge in [-0.3, -0.25) is 14.4 Å². The van der Waals surface area contributed by atoms with E-state index in [2.05, 4.69) is 5.10 Å². The van der Waals surface area contributed by atoms with Crippen molar-refractivity contribution < 1.29 is 28.9 Å². The Kier molecular flexibility index (Phi) is 5.87. The van der Waals surface area contributed by atoms with Gasteiger partial charge in [0.25, 0.3) is 11.5 Å². The number of nitrogens with zero attached hydrogens (tertiary/aromatic N) is 3. The van der Waals surface area contributed by atoms with Crippen LogP contribution < -0.4 is 19.8 Å². The van der Waals surface area contributed by atoms with Crippen molar-refractivity contribution in [3.8, 4) is 28.7 Å². The maximum absolute atomic E-state index is 13.3. The molecule has 0 saturated carbocycles. The number of aromatic hydroxyl groups is 1. The first kappa shape index (κ1) is 23.4. The predicted molar refractivity (Wildman–Crippen MR) is 128 cm³/mol. The van der Waals surface area contributed by atoms with Crippen LogP contribution in [0.1, 0.15) is 40.1 Å². The Balaban J connectivity index is 1.38. The second-order valence-electron chi connectivity index (χ2n) is 8.84. The first-order chi connectivity index (χ1) is 17.3. The molecular weight excluding hydrogens is 466 g/mol. The van der Waals surface area contributed by atoms with Crippen molar-refractivity contribution in [1.29, 1.82) is 0 Å². The van der Waals surface area contributed by atoms with Crippen molar-refractivity contribution in [2.75, 3.05) is 27.3 Å². The number of hydrogen-bond acceptors (Lipinski definition) is 8. The van der Waals surface area contributed by atoms with Crippen molar-refractivity contribution in [3.63, 3.8) is 0 Å². The summed E-state index contributed by atoms with van der Waals surface area (Å²) in [5, 5.41) is 14.6. The molecule has 10 nitrogen and oxygen atoms in total. The van der Waals surface area contributed by atoms with Gasteiger partial charge in [-0.1, -0.05) is 12.1 Å². The van der Waals surface area contributed by atoms with Gasteiger partial charge >= 0.3 is 0 Å². The fraction of sp³-hybridized carbons (Fsp3) is 0.308. The van der Waals surface area contributed by atoms with Gasteiger partial charge in [0.2, 0.25) is 0 Å². The summed E-state index contributed by atoms with van der Waals surface area (Å²) in [6, 6.07) is 12.9. The first-order valence-corrected chi connectivity index (χ1v) is 11.5. The van der Waals surface area contributed by atoms with Crippen molar-refractivity contribution in [2.45, 2.75) is 24.9 Å². The molecule has 10 heteroatoms. The van der Waals surface area contributed by atoms with Crippen LogP contribution in [-0.4, -0.2) is 64.4 Å². The van der Waals surface area contributed by atoms with Gasteiger partial charge in [0.1, 0.15) is 28.5 Å². The third-order valence-electron chi connectivity index (χ3n) is 6.69. The second kappa shape index (κ2) is 9.03. The van der Waals surface area contributed by atoms with Crippen LogP contribution in [0.3, 0.4) is 0 Å². The number of methoxy groups -OCH3 is 2. The van der Waals surface area contributed by atoms with Gasteiger partial charge in [-0.2, -0.15) is 9.78 Å². The number of carbonyl (C=O) groups excluding carboxylic acids is 2. The highest BCUT2D eigenvalue weighted by atomic mass is 16.5. The average Bonchev–Trinajstić information content (AvgIpc) is 2.88. The molecule has 1 fully saturated rings. The molecule has 186 valence electrons. The van der Waals surface area contributed by atoms with E-state index in [0.717, 1.165) is 10.7 Å². The Labute approximate surface area is 206 Å². The minimum absolute atomic E-state index is 0.0122. The van der Waals surface area contributed by atoms with E-state index in [0.29, 0.717) is 54.4 Å². The van der Waals surface area contributed by atoms with Gasteiger partial charge in [-0.05, 0) is 24.3 Å². The van der Waals surface area contributed by atoms with E-state index in [1.165, 1.54) is 7.11 Å². The molecule has 0 radical (unpaired) electrons. The Morgan fingerprint density at radius 1 is 1.06 bits per heavy atom. The zero-order valence-corrected chi connectivity index (χ0v) is 19.9. The van der Waals surface area contributed by atoms with Gasteiger partial charge < -0.3 is 24.2 Å². The number of rotatable bonds is 4. The largest absolute Gasteiger partial charge is 0.505 e. The molecule has 5 rings (SSSR count). The molecule has 1 amide bonds. The van der Waals surface area contributed by atoms with Crippen molar-refractivity contribution in [2.24, 2.45) is 0 Å². The molecule has 1 saturated heterocycles. The second-order valence-corrected chi connectivity index (χ2v) is 8.84. The smallest absolute Gasteiger partial charge is 0.278 e. The molecule has 0 unspecified atom stereocenters. The molecule has 2 aliphatic rings. The molecular formula is C26H25N3O7. The number of ether oxygens (including phenoxy) is 3. The van der Waals surface area contributed by atoms with Crippen LogP contribution in [0.2, 0.25) is 0 Å². The monoisotopic (exact) mass is 491 g/mol. The Morgan fingerprint density at radius 3 is 2.53 bits per heavy atom. The third-order valence-corrected chi connectivity index (χ3v) is 6.69. The summed E-state index contributed by atoms with van der Waals surface area (Å²) >= 11 is 0. The minimum Gasteiger partial charge on any atom is -0.505 e. The Bertz CT molecular complexity index is 1410. The maximum Gasteiger partial charge on any atom is 0.278 e. The fourth-order valence-corrected chi connectivity index (χ4v) is 4.72. The fourth-order valence-electron chi connectivity index (χ4n) is 4.72. The number of benzene rings is 2. The number of fused-ring (bicyclic) bond motifs is 1. The summed E-state index contributed by atoms with van der Waals surface area (Å²) in [4.78, 5) is 40.2. The van der Waals surface area contributed by atoms with E-state index in [1.54, 1.807) is 54.5 Å². The lowest BCUT2D eigenvalue weighted by Gasteiger charge is -2.43. The predicted octanol–water partition coefficient (Wildman–Crippen LogP) is 2.60. The van der Waals surface area contributed by atoms with Crippen LogP contribution in [0.5, 0.6) is 23.0 Å². The van der Waals surface area contributed by atoms with Gasteiger partial charge in [-0.25, -0.2) is 0 Å². The molecule has 3 heterocycles. The highest BCUT2D eigenvalue weighted by Crippen LogP contribution is 2.41. The van der Waals surface area contributed by atoms with Gasteiger partial charge in [-0.15, -0.1) is 0 Å². The number of carbonyl (C=O) groups is 2. The summed E-state index contributed by atoms with van der Waals surface area (Å²) in [5.41, 5.74) is -0.701. The zero-order valence-electron chi connectivity index (χ0n) is 19.9. The number of amides is 1. The quantitative estimate of drug-likeness (QED) is 0.591. The van der Waals surface area contributed by atoms with E-state index in [9.17, 15) is 19.5 Å². The lowest BCUT2D eigenvalue weighted by molar-refractivity contribution is -0.00604. The van der Waals surface area contributed by atoms with Crippen LogP contribution in [0.4, 0.5) is 0 Å². The van der Waals surface area contributed by atoms with Gasteiger partial charge in [0.15, 0.2) is 17.2 Å². The number of aromatic nitrogens is 2. The van der Waals surface area contributed by atoms with Crippen molar-refractivity contribution >= 4 is 11.7 Å². The molecule has 2 aromatic carbocycles. The number of hydrogen-bond donors (Lipinski definition) is 1. The van der Waals surface area contributed by atoms with E-state index >= 15 is 0 Å². The molecule has 2 aliphatic heterocycles. The molecule has 1 aromatic heterocycles. The van der Waals surface area contributed by atoms with Crippen molar-refractivity contribution in [3.05, 3.63) is 70.1 Å². The summed E-state index contributed by atoms with van der Waals surface area (Å²) in [6.45, 7) is 0.584. The van der Waals surface area contributed by atoms with Crippen LogP contribution in [0, 0.1) is 0 Å². The molecule has 0 atom stereocenters. The van der Waals surface area contributed by atoms with E-state index in [1.807, 2.05) is 0 Å². The van der Waals surface area contributed by atoms with Crippen LogP contribution in [0.15, 0.2) is 53.3 Å².